The summed E-state index contributed by atoms with van der Waals surface area (Å²) in [6.45, 7) is 2.01. The summed E-state index contributed by atoms with van der Waals surface area (Å²) in [6.07, 6.45) is 1.76. The lowest BCUT2D eigenvalue weighted by molar-refractivity contribution is 1.40. The molecule has 0 radical (unpaired) electrons. The van der Waals surface area contributed by atoms with E-state index in [1.54, 1.807) is 6.20 Å². The Morgan fingerprint density at radius 2 is 1.90 bits per heavy atom. The minimum Gasteiger partial charge on any atom is -0.399 e. The van der Waals surface area contributed by atoms with Crippen LogP contribution in [0.4, 0.5) is 17.1 Å². The molecule has 0 aliphatic carbocycles. The monoisotopic (exact) mass is 283 g/mol. The number of halogens is 1. The number of fused-ring (bicyclic) bond motifs is 1. The molecular weight excluding hydrogens is 270 g/mol. The lowest BCUT2D eigenvalue weighted by Gasteiger charge is -2.11. The smallest absolute Gasteiger partial charge is 0.0743 e. The second-order valence-electron chi connectivity index (χ2n) is 4.74. The molecule has 3 aromatic rings. The van der Waals surface area contributed by atoms with Gasteiger partial charge in [0.15, 0.2) is 0 Å². The van der Waals surface area contributed by atoms with Crippen molar-refractivity contribution in [3.05, 3.63) is 59.2 Å². The fourth-order valence-electron chi connectivity index (χ4n) is 2.14. The van der Waals surface area contributed by atoms with Crippen LogP contribution in [0.15, 0.2) is 48.7 Å². The Morgan fingerprint density at radius 3 is 2.70 bits per heavy atom. The van der Waals surface area contributed by atoms with E-state index in [0.717, 1.165) is 27.8 Å². The van der Waals surface area contributed by atoms with Crippen molar-refractivity contribution in [2.45, 2.75) is 6.92 Å². The Morgan fingerprint density at radius 1 is 1.05 bits per heavy atom. The zero-order valence-electron chi connectivity index (χ0n) is 11.0. The van der Waals surface area contributed by atoms with E-state index in [0.29, 0.717) is 10.7 Å². The topological polar surface area (TPSA) is 50.9 Å². The molecule has 0 saturated carbocycles. The predicted molar refractivity (Wildman–Crippen MR) is 85.6 cm³/mol. The molecule has 4 heteroatoms. The number of hydrogen-bond acceptors (Lipinski definition) is 3. The van der Waals surface area contributed by atoms with Crippen molar-refractivity contribution in [2.75, 3.05) is 11.1 Å². The molecule has 0 unspecified atom stereocenters. The van der Waals surface area contributed by atoms with Crippen molar-refractivity contribution >= 4 is 39.6 Å². The van der Waals surface area contributed by atoms with Crippen molar-refractivity contribution in [3.63, 3.8) is 0 Å². The normalized spacial score (nSPS) is 10.7. The summed E-state index contributed by atoms with van der Waals surface area (Å²) in [5.74, 6) is 0. The number of benzene rings is 2. The average Bonchev–Trinajstić information content (AvgIpc) is 2.41. The van der Waals surface area contributed by atoms with Gasteiger partial charge >= 0.3 is 0 Å². The van der Waals surface area contributed by atoms with E-state index in [2.05, 4.69) is 10.3 Å². The van der Waals surface area contributed by atoms with E-state index in [-0.39, 0.29) is 0 Å². The molecule has 1 aromatic heterocycles. The van der Waals surface area contributed by atoms with Crippen LogP contribution in [0.5, 0.6) is 0 Å². The van der Waals surface area contributed by atoms with Gasteiger partial charge in [-0.1, -0.05) is 17.7 Å². The van der Waals surface area contributed by atoms with Crippen molar-refractivity contribution in [2.24, 2.45) is 0 Å². The Balaban J connectivity index is 2.06. The van der Waals surface area contributed by atoms with Gasteiger partial charge in [-0.3, -0.25) is 4.98 Å². The molecule has 0 aliphatic rings. The zero-order chi connectivity index (χ0) is 14.1. The highest BCUT2D eigenvalue weighted by atomic mass is 35.5. The minimum atomic E-state index is 0.699. The van der Waals surface area contributed by atoms with Crippen LogP contribution in [-0.4, -0.2) is 4.98 Å². The molecule has 1 heterocycles. The number of nitrogens with zero attached hydrogens (tertiary/aromatic N) is 1. The highest BCUT2D eigenvalue weighted by Crippen LogP contribution is 2.30. The van der Waals surface area contributed by atoms with Gasteiger partial charge in [-0.15, -0.1) is 0 Å². The standard InChI is InChI=1S/C16H14ClN3/c1-10-2-5-15(13(17)8-10)20-14-6-7-19-16-9-11(18)3-4-12(14)16/h2-9H,18H2,1H3,(H,19,20). The number of nitrogen functional groups attached to an aromatic ring is 1. The number of aromatic nitrogens is 1. The molecule has 0 spiro atoms. The van der Waals surface area contributed by atoms with Gasteiger partial charge in [0.1, 0.15) is 0 Å². The first kappa shape index (κ1) is 12.8. The van der Waals surface area contributed by atoms with Crippen molar-refractivity contribution in [3.8, 4) is 0 Å². The highest BCUT2D eigenvalue weighted by Gasteiger charge is 2.05. The van der Waals surface area contributed by atoms with Gasteiger partial charge in [0, 0.05) is 23.0 Å². The second-order valence-corrected chi connectivity index (χ2v) is 5.15. The summed E-state index contributed by atoms with van der Waals surface area (Å²) in [6, 6.07) is 13.5. The quantitative estimate of drug-likeness (QED) is 0.680. The summed E-state index contributed by atoms with van der Waals surface area (Å²) in [4.78, 5) is 4.33. The van der Waals surface area contributed by atoms with Crippen molar-refractivity contribution < 1.29 is 0 Å². The van der Waals surface area contributed by atoms with Crippen LogP contribution in [0.2, 0.25) is 5.02 Å². The molecule has 100 valence electrons. The Labute approximate surface area is 122 Å². The van der Waals surface area contributed by atoms with Crippen LogP contribution < -0.4 is 11.1 Å². The molecule has 20 heavy (non-hydrogen) atoms. The first-order chi connectivity index (χ1) is 9.63. The number of nitrogens with two attached hydrogens (primary N) is 1. The average molecular weight is 284 g/mol. The summed E-state index contributed by atoms with van der Waals surface area (Å²) in [5, 5.41) is 5.06. The third-order valence-corrected chi connectivity index (χ3v) is 3.47. The SMILES string of the molecule is Cc1ccc(Nc2ccnc3cc(N)ccc23)c(Cl)c1. The summed E-state index contributed by atoms with van der Waals surface area (Å²) in [7, 11) is 0. The lowest BCUT2D eigenvalue weighted by Crippen LogP contribution is -1.94. The van der Waals surface area contributed by atoms with Crippen LogP contribution in [0.3, 0.4) is 0 Å². The molecule has 0 aliphatic heterocycles. The molecule has 0 fully saturated rings. The first-order valence-electron chi connectivity index (χ1n) is 6.31. The minimum absolute atomic E-state index is 0.699. The number of hydrogen-bond donors (Lipinski definition) is 2. The van der Waals surface area contributed by atoms with Gasteiger partial charge in [0.05, 0.1) is 16.2 Å². The van der Waals surface area contributed by atoms with Crippen molar-refractivity contribution in [1.82, 2.24) is 4.98 Å². The number of aryl methyl sites for hydroxylation is 1. The second kappa shape index (κ2) is 5.02. The highest BCUT2D eigenvalue weighted by molar-refractivity contribution is 6.33. The maximum Gasteiger partial charge on any atom is 0.0743 e. The molecule has 3 nitrogen and oxygen atoms in total. The van der Waals surface area contributed by atoms with E-state index in [1.807, 2.05) is 49.4 Å². The van der Waals surface area contributed by atoms with Crippen LogP contribution in [0.25, 0.3) is 10.9 Å². The predicted octanol–water partition coefficient (Wildman–Crippen LogP) is 4.52. The Hall–Kier alpha value is -2.26. The van der Waals surface area contributed by atoms with Gasteiger partial charge in [0.25, 0.3) is 0 Å². The van der Waals surface area contributed by atoms with Crippen LogP contribution in [0, 0.1) is 6.92 Å². The van der Waals surface area contributed by atoms with Crippen LogP contribution >= 0.6 is 11.6 Å². The molecule has 3 rings (SSSR count). The van der Waals surface area contributed by atoms with Gasteiger partial charge in [0.2, 0.25) is 0 Å². The molecular formula is C16H14ClN3. The van der Waals surface area contributed by atoms with E-state index in [9.17, 15) is 0 Å². The molecule has 2 aromatic carbocycles. The van der Waals surface area contributed by atoms with E-state index >= 15 is 0 Å². The van der Waals surface area contributed by atoms with E-state index < -0.39 is 0 Å². The lowest BCUT2D eigenvalue weighted by atomic mass is 10.1. The van der Waals surface area contributed by atoms with E-state index in [4.69, 9.17) is 17.3 Å². The number of nitrogens with one attached hydrogen (secondary N) is 1. The molecule has 3 N–H and O–H groups in total. The zero-order valence-corrected chi connectivity index (χ0v) is 11.8. The Kier molecular flexibility index (Phi) is 3.20. The summed E-state index contributed by atoms with van der Waals surface area (Å²) < 4.78 is 0. The van der Waals surface area contributed by atoms with Crippen LogP contribution in [-0.2, 0) is 0 Å². The van der Waals surface area contributed by atoms with Crippen LogP contribution in [0.1, 0.15) is 5.56 Å². The summed E-state index contributed by atoms with van der Waals surface area (Å²) in [5.41, 5.74) is 10.3. The maximum absolute atomic E-state index is 6.26. The molecule has 0 amide bonds. The fraction of sp³-hybridized carbons (Fsp3) is 0.0625. The largest absolute Gasteiger partial charge is 0.399 e. The fourth-order valence-corrected chi connectivity index (χ4v) is 2.42. The van der Waals surface area contributed by atoms with Gasteiger partial charge in [-0.2, -0.15) is 0 Å². The molecule has 0 saturated heterocycles. The third kappa shape index (κ3) is 2.40. The first-order valence-corrected chi connectivity index (χ1v) is 6.69. The van der Waals surface area contributed by atoms with E-state index in [1.165, 1.54) is 0 Å². The number of rotatable bonds is 2. The molecule has 0 bridgehead atoms. The number of anilines is 3. The van der Waals surface area contributed by atoms with Gasteiger partial charge < -0.3 is 11.1 Å². The van der Waals surface area contributed by atoms with Gasteiger partial charge in [-0.05, 0) is 48.9 Å². The molecule has 0 atom stereocenters. The number of pyridine rings is 1. The third-order valence-electron chi connectivity index (χ3n) is 3.16. The van der Waals surface area contributed by atoms with Crippen molar-refractivity contribution in [1.29, 1.82) is 0 Å². The maximum atomic E-state index is 6.26. The Bertz CT molecular complexity index is 784. The summed E-state index contributed by atoms with van der Waals surface area (Å²) >= 11 is 6.26. The van der Waals surface area contributed by atoms with Gasteiger partial charge in [-0.25, -0.2) is 0 Å².